The van der Waals surface area contributed by atoms with Gasteiger partial charge in [0.1, 0.15) is 5.82 Å². The zero-order valence-corrected chi connectivity index (χ0v) is 14.6. The fourth-order valence-corrected chi connectivity index (χ4v) is 2.89. The quantitative estimate of drug-likeness (QED) is 0.775. The minimum atomic E-state index is -0.613. The van der Waals surface area contributed by atoms with Gasteiger partial charge in [-0.25, -0.2) is 9.18 Å². The molecule has 27 heavy (non-hydrogen) atoms. The SMILES string of the molecule is N#Cc1ccc(C(=O)OCC(=O)N2CCN(c3ccccc3F)CC2)cc1. The lowest BCUT2D eigenvalue weighted by atomic mass is 10.1. The molecule has 138 valence electrons. The Hall–Kier alpha value is -3.40. The van der Waals surface area contributed by atoms with Gasteiger partial charge in [0.2, 0.25) is 0 Å². The molecule has 0 N–H and O–H groups in total. The topological polar surface area (TPSA) is 73.6 Å². The molecule has 0 spiro atoms. The predicted molar refractivity (Wildman–Crippen MR) is 96.6 cm³/mol. The molecule has 1 fully saturated rings. The van der Waals surface area contributed by atoms with Gasteiger partial charge < -0.3 is 14.5 Å². The van der Waals surface area contributed by atoms with Gasteiger partial charge in [0.15, 0.2) is 6.61 Å². The molecule has 3 rings (SSSR count). The molecule has 1 heterocycles. The number of nitriles is 1. The number of esters is 1. The number of hydrogen-bond donors (Lipinski definition) is 0. The highest BCUT2D eigenvalue weighted by Gasteiger charge is 2.23. The molecule has 0 radical (unpaired) electrons. The standard InChI is InChI=1S/C20H18FN3O3/c21-17-3-1-2-4-18(17)23-9-11-24(12-10-23)19(25)14-27-20(26)16-7-5-15(13-22)6-8-16/h1-8H,9-12,14H2. The zero-order chi connectivity index (χ0) is 19.2. The number of anilines is 1. The highest BCUT2D eigenvalue weighted by Crippen LogP contribution is 2.20. The highest BCUT2D eigenvalue weighted by molar-refractivity contribution is 5.91. The van der Waals surface area contributed by atoms with Crippen LogP contribution in [0.2, 0.25) is 0 Å². The number of para-hydroxylation sites is 1. The molecule has 0 atom stereocenters. The minimum absolute atomic E-state index is 0.283. The molecule has 1 aliphatic heterocycles. The third-order valence-electron chi connectivity index (χ3n) is 4.40. The van der Waals surface area contributed by atoms with Crippen LogP contribution >= 0.6 is 0 Å². The maximum absolute atomic E-state index is 13.9. The van der Waals surface area contributed by atoms with E-state index in [2.05, 4.69) is 0 Å². The summed E-state index contributed by atoms with van der Waals surface area (Å²) in [7, 11) is 0. The van der Waals surface area contributed by atoms with Gasteiger partial charge in [0.25, 0.3) is 5.91 Å². The van der Waals surface area contributed by atoms with Crippen molar-refractivity contribution in [3.8, 4) is 6.07 Å². The lowest BCUT2D eigenvalue weighted by Gasteiger charge is -2.36. The van der Waals surface area contributed by atoms with Crippen LogP contribution in [0.4, 0.5) is 10.1 Å². The van der Waals surface area contributed by atoms with Crippen LogP contribution < -0.4 is 4.90 Å². The Balaban J connectivity index is 1.49. The van der Waals surface area contributed by atoms with Crippen molar-refractivity contribution in [2.45, 2.75) is 0 Å². The molecule has 1 saturated heterocycles. The van der Waals surface area contributed by atoms with Crippen LogP contribution in [-0.2, 0) is 9.53 Å². The van der Waals surface area contributed by atoms with E-state index in [1.807, 2.05) is 11.0 Å². The zero-order valence-electron chi connectivity index (χ0n) is 14.6. The van der Waals surface area contributed by atoms with Gasteiger partial charge in [-0.15, -0.1) is 0 Å². The first kappa shape index (κ1) is 18.4. The van der Waals surface area contributed by atoms with Gasteiger partial charge in [-0.05, 0) is 36.4 Å². The monoisotopic (exact) mass is 367 g/mol. The third-order valence-corrected chi connectivity index (χ3v) is 4.40. The highest BCUT2D eigenvalue weighted by atomic mass is 19.1. The summed E-state index contributed by atoms with van der Waals surface area (Å²) in [4.78, 5) is 27.7. The molecular formula is C20H18FN3O3. The second kappa shape index (κ2) is 8.32. The fraction of sp³-hybridized carbons (Fsp3) is 0.250. The molecule has 2 aromatic carbocycles. The number of rotatable bonds is 4. The number of halogens is 1. The molecule has 1 amide bonds. The predicted octanol–water partition coefficient (Wildman–Crippen LogP) is 2.20. The van der Waals surface area contributed by atoms with Crippen molar-refractivity contribution in [2.24, 2.45) is 0 Å². The molecule has 0 bridgehead atoms. The number of carbonyl (C=O) groups excluding carboxylic acids is 2. The Labute approximate surface area is 156 Å². The normalized spacial score (nSPS) is 13.8. The average Bonchev–Trinajstić information content (AvgIpc) is 2.72. The Morgan fingerprint density at radius 3 is 2.33 bits per heavy atom. The van der Waals surface area contributed by atoms with Crippen molar-refractivity contribution in [3.05, 3.63) is 65.5 Å². The van der Waals surface area contributed by atoms with E-state index in [4.69, 9.17) is 10.00 Å². The molecule has 7 heteroatoms. The number of hydrogen-bond acceptors (Lipinski definition) is 5. The van der Waals surface area contributed by atoms with Crippen LogP contribution in [0, 0.1) is 17.1 Å². The number of ether oxygens (including phenoxy) is 1. The van der Waals surface area contributed by atoms with Crippen LogP contribution in [0.25, 0.3) is 0 Å². The molecule has 6 nitrogen and oxygen atoms in total. The van der Waals surface area contributed by atoms with Crippen LogP contribution in [0.1, 0.15) is 15.9 Å². The average molecular weight is 367 g/mol. The largest absolute Gasteiger partial charge is 0.452 e. The molecule has 2 aromatic rings. The molecule has 0 aliphatic carbocycles. The molecular weight excluding hydrogens is 349 g/mol. The second-order valence-electron chi connectivity index (χ2n) is 6.08. The molecule has 1 aliphatic rings. The van der Waals surface area contributed by atoms with Crippen molar-refractivity contribution in [1.29, 1.82) is 5.26 Å². The number of carbonyl (C=O) groups is 2. The van der Waals surface area contributed by atoms with E-state index in [0.717, 1.165) is 0 Å². The second-order valence-corrected chi connectivity index (χ2v) is 6.08. The van der Waals surface area contributed by atoms with Crippen LogP contribution in [0.5, 0.6) is 0 Å². The van der Waals surface area contributed by atoms with Gasteiger partial charge in [0.05, 0.1) is 22.9 Å². The summed E-state index contributed by atoms with van der Waals surface area (Å²) < 4.78 is 18.9. The van der Waals surface area contributed by atoms with E-state index < -0.39 is 5.97 Å². The van der Waals surface area contributed by atoms with Gasteiger partial charge >= 0.3 is 5.97 Å². The maximum atomic E-state index is 13.9. The maximum Gasteiger partial charge on any atom is 0.338 e. The summed E-state index contributed by atoms with van der Waals surface area (Å²) in [5, 5.41) is 8.75. The van der Waals surface area contributed by atoms with Gasteiger partial charge in [-0.3, -0.25) is 4.79 Å². The van der Waals surface area contributed by atoms with E-state index in [9.17, 15) is 14.0 Å². The van der Waals surface area contributed by atoms with E-state index in [-0.39, 0.29) is 23.9 Å². The number of benzene rings is 2. The summed E-state index contributed by atoms with van der Waals surface area (Å²) >= 11 is 0. The smallest absolute Gasteiger partial charge is 0.338 e. The van der Waals surface area contributed by atoms with Crippen LogP contribution in [-0.4, -0.2) is 49.6 Å². The van der Waals surface area contributed by atoms with Crippen molar-refractivity contribution in [1.82, 2.24) is 4.90 Å². The number of amides is 1. The number of piperazine rings is 1. The molecule has 0 saturated carbocycles. The summed E-state index contributed by atoms with van der Waals surface area (Å²) in [6, 6.07) is 14.5. The first-order valence-electron chi connectivity index (χ1n) is 8.53. The summed E-state index contributed by atoms with van der Waals surface area (Å²) in [6.45, 7) is 1.54. The van der Waals surface area contributed by atoms with Crippen molar-refractivity contribution in [3.63, 3.8) is 0 Å². The van der Waals surface area contributed by atoms with E-state index in [1.54, 1.807) is 23.1 Å². The van der Waals surface area contributed by atoms with Crippen molar-refractivity contribution >= 4 is 17.6 Å². The lowest BCUT2D eigenvalue weighted by Crippen LogP contribution is -2.50. The first-order valence-corrected chi connectivity index (χ1v) is 8.53. The summed E-state index contributed by atoms with van der Waals surface area (Å²) in [5.74, 6) is -1.18. The molecule has 0 unspecified atom stereocenters. The summed E-state index contributed by atoms with van der Waals surface area (Å²) in [6.07, 6.45) is 0. The fourth-order valence-electron chi connectivity index (χ4n) is 2.89. The van der Waals surface area contributed by atoms with Gasteiger partial charge in [-0.2, -0.15) is 5.26 Å². The van der Waals surface area contributed by atoms with Crippen LogP contribution in [0.15, 0.2) is 48.5 Å². The van der Waals surface area contributed by atoms with Gasteiger partial charge in [0, 0.05) is 26.2 Å². The molecule has 0 aromatic heterocycles. The van der Waals surface area contributed by atoms with Crippen LogP contribution in [0.3, 0.4) is 0 Å². The third kappa shape index (κ3) is 4.42. The van der Waals surface area contributed by atoms with Gasteiger partial charge in [-0.1, -0.05) is 12.1 Å². The lowest BCUT2D eigenvalue weighted by molar-refractivity contribution is -0.134. The minimum Gasteiger partial charge on any atom is -0.452 e. The van der Waals surface area contributed by atoms with E-state index >= 15 is 0 Å². The number of nitrogens with zero attached hydrogens (tertiary/aromatic N) is 3. The van der Waals surface area contributed by atoms with E-state index in [0.29, 0.717) is 37.4 Å². The Morgan fingerprint density at radius 2 is 1.70 bits per heavy atom. The first-order chi connectivity index (χ1) is 13.1. The van der Waals surface area contributed by atoms with E-state index in [1.165, 1.54) is 30.3 Å². The Kier molecular flexibility index (Phi) is 5.67. The summed E-state index contributed by atoms with van der Waals surface area (Å²) in [5.41, 5.74) is 1.25. The Morgan fingerprint density at radius 1 is 1.04 bits per heavy atom. The Bertz CT molecular complexity index is 869. The van der Waals surface area contributed by atoms with Crippen molar-refractivity contribution in [2.75, 3.05) is 37.7 Å². The van der Waals surface area contributed by atoms with Crippen molar-refractivity contribution < 1.29 is 18.7 Å².